The number of unbranched alkanes of at least 4 members (excludes halogenated alkanes) is 38. The fourth-order valence-corrected chi connectivity index (χ4v) is 10.2. The Labute approximate surface area is 515 Å². The number of rotatable bonds is 65. The molecule has 0 heterocycles. The minimum atomic E-state index is -0.782. The molecular weight excluding hydrogens is 1020 g/mol. The molecule has 0 amide bonds. The third kappa shape index (κ3) is 69.0. The molecule has 0 rings (SSSR count). The van der Waals surface area contributed by atoms with Crippen molar-refractivity contribution in [2.24, 2.45) is 0 Å². The van der Waals surface area contributed by atoms with Gasteiger partial charge in [0.15, 0.2) is 6.10 Å². The SMILES string of the molecule is CC/C=C\C/C=C\C/C=C\C/C=C\C/C=C\CCCCCCCCCCCC(=O)OC(COC(=O)CCCCCCCCCCCCCCC)COC(=O)CCCCCCCCCCCCCC/C=C\C/C=C\C/C=C\CCCCCCC. The molecule has 1 atom stereocenters. The standard InChI is InChI=1S/C77H134O6/c1-4-7-10-13-16-19-22-25-27-29-31-33-35-37-38-40-41-43-45-47-49-52-55-58-61-64-67-70-76(79)82-73-74(72-81-75(78)69-66-63-60-57-54-51-24-21-18-15-12-9-6-3)83-77(80)71-68-65-62-59-56-53-50-48-46-44-42-39-36-34-32-30-28-26-23-20-17-14-11-8-5-2/h8,11,17,20,22,25-26,28-29,31-32,34-35,37,39,42,74H,4-7,9-10,12-16,18-19,21,23-24,27,30,33,36,38,40-41,43-73H2,1-3H3/b11-8-,20-17-,25-22-,28-26-,31-29-,34-32-,37-35-,42-39-. The van der Waals surface area contributed by atoms with Crippen LogP contribution in [0.5, 0.6) is 0 Å². The summed E-state index contributed by atoms with van der Waals surface area (Å²) in [5.74, 6) is -0.868. The first-order chi connectivity index (χ1) is 41.0. The number of allylic oxidation sites excluding steroid dienone is 16. The van der Waals surface area contributed by atoms with Crippen LogP contribution in [0.15, 0.2) is 97.2 Å². The predicted octanol–water partition coefficient (Wildman–Crippen LogP) is 24.8. The summed E-state index contributed by atoms with van der Waals surface area (Å²) < 4.78 is 17.0. The second-order valence-corrected chi connectivity index (χ2v) is 23.8. The highest BCUT2D eigenvalue weighted by Gasteiger charge is 2.19. The zero-order chi connectivity index (χ0) is 59.9. The Kier molecular flexibility index (Phi) is 67.7. The molecule has 0 aliphatic rings. The van der Waals surface area contributed by atoms with Crippen LogP contribution in [0.25, 0.3) is 0 Å². The molecule has 1 unspecified atom stereocenters. The number of hydrogen-bond donors (Lipinski definition) is 0. The monoisotopic (exact) mass is 1160 g/mol. The summed E-state index contributed by atoms with van der Waals surface area (Å²) >= 11 is 0. The summed E-state index contributed by atoms with van der Waals surface area (Å²) in [4.78, 5) is 38.5. The molecule has 0 saturated carbocycles. The van der Waals surface area contributed by atoms with Crippen LogP contribution in [0.3, 0.4) is 0 Å². The van der Waals surface area contributed by atoms with Crippen molar-refractivity contribution < 1.29 is 28.6 Å². The number of esters is 3. The van der Waals surface area contributed by atoms with Crippen molar-refractivity contribution >= 4 is 17.9 Å². The van der Waals surface area contributed by atoms with Crippen LogP contribution in [-0.2, 0) is 28.6 Å². The molecule has 83 heavy (non-hydrogen) atoms. The van der Waals surface area contributed by atoms with E-state index in [-0.39, 0.29) is 31.1 Å². The first-order valence-corrected chi connectivity index (χ1v) is 35.7. The lowest BCUT2D eigenvalue weighted by Gasteiger charge is -2.18. The van der Waals surface area contributed by atoms with Crippen molar-refractivity contribution in [2.45, 2.75) is 361 Å². The second kappa shape index (κ2) is 70.8. The van der Waals surface area contributed by atoms with Crippen LogP contribution in [0.4, 0.5) is 0 Å². The maximum absolute atomic E-state index is 13.0. The fourth-order valence-electron chi connectivity index (χ4n) is 10.2. The zero-order valence-corrected chi connectivity index (χ0v) is 54.9. The molecule has 0 saturated heterocycles. The average Bonchev–Trinajstić information content (AvgIpc) is 3.49. The molecule has 0 aromatic heterocycles. The molecule has 6 nitrogen and oxygen atoms in total. The Morgan fingerprint density at radius 3 is 0.735 bits per heavy atom. The van der Waals surface area contributed by atoms with Crippen LogP contribution in [-0.4, -0.2) is 37.2 Å². The maximum atomic E-state index is 13.0. The lowest BCUT2D eigenvalue weighted by Crippen LogP contribution is -2.30. The maximum Gasteiger partial charge on any atom is 0.306 e. The summed E-state index contributed by atoms with van der Waals surface area (Å²) in [6, 6.07) is 0. The van der Waals surface area contributed by atoms with Gasteiger partial charge in [0.2, 0.25) is 0 Å². The van der Waals surface area contributed by atoms with Crippen LogP contribution < -0.4 is 0 Å². The molecule has 0 aliphatic heterocycles. The summed E-state index contributed by atoms with van der Waals surface area (Å²) in [7, 11) is 0. The quantitative estimate of drug-likeness (QED) is 0.0261. The van der Waals surface area contributed by atoms with Crippen molar-refractivity contribution in [3.63, 3.8) is 0 Å². The Hall–Kier alpha value is -3.67. The van der Waals surface area contributed by atoms with E-state index in [1.807, 2.05) is 0 Å². The number of hydrogen-bond acceptors (Lipinski definition) is 6. The first-order valence-electron chi connectivity index (χ1n) is 35.7. The van der Waals surface area contributed by atoms with Gasteiger partial charge in [0.25, 0.3) is 0 Å². The first kappa shape index (κ1) is 79.3. The van der Waals surface area contributed by atoms with Crippen LogP contribution >= 0.6 is 0 Å². The van der Waals surface area contributed by atoms with Gasteiger partial charge >= 0.3 is 17.9 Å². The van der Waals surface area contributed by atoms with Crippen molar-refractivity contribution in [3.05, 3.63) is 97.2 Å². The molecule has 0 aliphatic carbocycles. The van der Waals surface area contributed by atoms with Gasteiger partial charge in [-0.25, -0.2) is 0 Å². The molecule has 0 fully saturated rings. The average molecular weight is 1160 g/mol. The van der Waals surface area contributed by atoms with Crippen molar-refractivity contribution in [3.8, 4) is 0 Å². The van der Waals surface area contributed by atoms with Crippen molar-refractivity contribution in [1.82, 2.24) is 0 Å². The molecule has 0 radical (unpaired) electrons. The summed E-state index contributed by atoms with van der Waals surface area (Å²) in [6.07, 6.45) is 95.7. The minimum Gasteiger partial charge on any atom is -0.462 e. The minimum absolute atomic E-state index is 0.0769. The highest BCUT2D eigenvalue weighted by molar-refractivity contribution is 5.71. The van der Waals surface area contributed by atoms with Crippen LogP contribution in [0.1, 0.15) is 355 Å². The third-order valence-electron chi connectivity index (χ3n) is 15.6. The van der Waals surface area contributed by atoms with Gasteiger partial charge in [0, 0.05) is 19.3 Å². The molecule has 0 aromatic rings. The third-order valence-corrected chi connectivity index (χ3v) is 15.6. The molecule has 6 heteroatoms. The van der Waals surface area contributed by atoms with E-state index in [0.29, 0.717) is 19.3 Å². The van der Waals surface area contributed by atoms with E-state index in [1.54, 1.807) is 0 Å². The van der Waals surface area contributed by atoms with E-state index in [2.05, 4.69) is 118 Å². The Balaban J connectivity index is 4.29. The summed E-state index contributed by atoms with van der Waals surface area (Å²) in [5.41, 5.74) is 0. The van der Waals surface area contributed by atoms with Gasteiger partial charge in [0.1, 0.15) is 13.2 Å². The van der Waals surface area contributed by atoms with E-state index < -0.39 is 6.10 Å². The Morgan fingerprint density at radius 2 is 0.470 bits per heavy atom. The van der Waals surface area contributed by atoms with E-state index in [4.69, 9.17) is 14.2 Å². The van der Waals surface area contributed by atoms with Crippen molar-refractivity contribution in [2.75, 3.05) is 13.2 Å². The van der Waals surface area contributed by atoms with Gasteiger partial charge in [-0.2, -0.15) is 0 Å². The van der Waals surface area contributed by atoms with E-state index in [0.717, 1.165) is 109 Å². The fraction of sp³-hybridized carbons (Fsp3) is 0.753. The van der Waals surface area contributed by atoms with Gasteiger partial charge in [-0.1, -0.05) is 330 Å². The van der Waals surface area contributed by atoms with E-state index in [1.165, 1.54) is 205 Å². The lowest BCUT2D eigenvalue weighted by molar-refractivity contribution is -0.167. The Bertz CT molecular complexity index is 1610. The topological polar surface area (TPSA) is 78.9 Å². The summed E-state index contributed by atoms with van der Waals surface area (Å²) in [6.45, 7) is 6.55. The second-order valence-electron chi connectivity index (χ2n) is 23.8. The molecule has 478 valence electrons. The predicted molar refractivity (Wildman–Crippen MR) is 362 cm³/mol. The number of carbonyl (C=O) groups excluding carboxylic acids is 3. The molecule has 0 spiro atoms. The smallest absolute Gasteiger partial charge is 0.306 e. The van der Waals surface area contributed by atoms with Crippen molar-refractivity contribution in [1.29, 1.82) is 0 Å². The highest BCUT2D eigenvalue weighted by atomic mass is 16.6. The normalized spacial score (nSPS) is 12.7. The van der Waals surface area contributed by atoms with Gasteiger partial charge in [-0.3, -0.25) is 14.4 Å². The van der Waals surface area contributed by atoms with E-state index in [9.17, 15) is 14.4 Å². The van der Waals surface area contributed by atoms with Gasteiger partial charge < -0.3 is 14.2 Å². The molecule has 0 bridgehead atoms. The number of ether oxygens (including phenoxy) is 3. The lowest BCUT2D eigenvalue weighted by atomic mass is 10.0. The zero-order valence-electron chi connectivity index (χ0n) is 54.9. The highest BCUT2D eigenvalue weighted by Crippen LogP contribution is 2.17. The van der Waals surface area contributed by atoms with Crippen LogP contribution in [0, 0.1) is 0 Å². The van der Waals surface area contributed by atoms with Gasteiger partial charge in [-0.05, 0) is 103 Å². The molecular formula is C77H134O6. The van der Waals surface area contributed by atoms with Gasteiger partial charge in [-0.15, -0.1) is 0 Å². The molecule has 0 N–H and O–H groups in total. The Morgan fingerprint density at radius 1 is 0.253 bits per heavy atom. The largest absolute Gasteiger partial charge is 0.462 e. The van der Waals surface area contributed by atoms with Gasteiger partial charge in [0.05, 0.1) is 0 Å². The number of carbonyl (C=O) groups is 3. The van der Waals surface area contributed by atoms with Crippen LogP contribution in [0.2, 0.25) is 0 Å². The van der Waals surface area contributed by atoms with E-state index >= 15 is 0 Å². The molecule has 0 aromatic carbocycles. The summed E-state index contributed by atoms with van der Waals surface area (Å²) in [5, 5.41) is 0.